The Balaban J connectivity index is 3.35. The van der Waals surface area contributed by atoms with Crippen LogP contribution in [0.25, 0.3) is 0 Å². The van der Waals surface area contributed by atoms with Crippen LogP contribution in [0.3, 0.4) is 0 Å². The van der Waals surface area contributed by atoms with Crippen LogP contribution in [0, 0.1) is 0 Å². The molecular weight excluding hydrogens is 995 g/mol. The summed E-state index contributed by atoms with van der Waals surface area (Å²) in [6.07, 6.45) is 87.4. The Hall–Kier alpha value is -1.14. The number of nitrogens with one attached hydrogen (secondary N) is 1. The van der Waals surface area contributed by atoms with E-state index in [0.29, 0.717) is 25.9 Å². The van der Waals surface area contributed by atoms with Crippen molar-refractivity contribution < 1.29 is 24.5 Å². The zero-order valence-electron chi connectivity index (χ0n) is 55.6. The van der Waals surface area contributed by atoms with E-state index in [1.807, 2.05) is 0 Å². The molecule has 81 heavy (non-hydrogen) atoms. The lowest BCUT2D eigenvalue weighted by Gasteiger charge is -2.22. The maximum atomic E-state index is 12.6. The molecule has 2 atom stereocenters. The van der Waals surface area contributed by atoms with Gasteiger partial charge >= 0.3 is 5.97 Å². The fraction of sp³-hybridized carbons (Fsp3) is 0.973. The van der Waals surface area contributed by atoms with E-state index in [4.69, 9.17) is 4.74 Å². The molecule has 0 radical (unpaired) electrons. The van der Waals surface area contributed by atoms with Gasteiger partial charge in [0.25, 0.3) is 0 Å². The van der Waals surface area contributed by atoms with Crippen molar-refractivity contribution >= 4 is 11.9 Å². The molecule has 0 aromatic heterocycles. The van der Waals surface area contributed by atoms with Crippen LogP contribution in [-0.4, -0.2) is 47.4 Å². The second-order valence-electron chi connectivity index (χ2n) is 26.4. The molecule has 0 aliphatic heterocycles. The van der Waals surface area contributed by atoms with Gasteiger partial charge in [-0.2, -0.15) is 0 Å². The highest BCUT2D eigenvalue weighted by Gasteiger charge is 2.20. The first-order valence-corrected chi connectivity index (χ1v) is 37.8. The molecule has 0 aromatic carbocycles. The number of carbonyl (C=O) groups is 2. The molecule has 0 aromatic rings. The van der Waals surface area contributed by atoms with Gasteiger partial charge in [0.2, 0.25) is 5.91 Å². The lowest BCUT2D eigenvalue weighted by atomic mass is 10.0. The van der Waals surface area contributed by atoms with Crippen LogP contribution in [0.15, 0.2) is 0 Å². The predicted octanol–water partition coefficient (Wildman–Crippen LogP) is 24.5. The van der Waals surface area contributed by atoms with E-state index in [1.54, 1.807) is 0 Å². The van der Waals surface area contributed by atoms with E-state index in [1.165, 1.54) is 372 Å². The van der Waals surface area contributed by atoms with Crippen molar-refractivity contribution in [1.82, 2.24) is 5.32 Å². The van der Waals surface area contributed by atoms with E-state index in [2.05, 4.69) is 19.2 Å². The number of carbonyl (C=O) groups excluding carboxylic acids is 2. The summed E-state index contributed by atoms with van der Waals surface area (Å²) in [7, 11) is 0. The molecule has 0 rings (SSSR count). The lowest BCUT2D eigenvalue weighted by molar-refractivity contribution is -0.143. The third kappa shape index (κ3) is 67.9. The van der Waals surface area contributed by atoms with Crippen molar-refractivity contribution in [1.29, 1.82) is 0 Å². The smallest absolute Gasteiger partial charge is 0.305 e. The molecular formula is C75H149NO5. The Morgan fingerprint density at radius 1 is 0.296 bits per heavy atom. The number of esters is 1. The minimum atomic E-state index is -0.664. The Kier molecular flexibility index (Phi) is 70.3. The predicted molar refractivity (Wildman–Crippen MR) is 357 cm³/mol. The minimum Gasteiger partial charge on any atom is -0.466 e. The van der Waals surface area contributed by atoms with Crippen molar-refractivity contribution in [2.75, 3.05) is 13.2 Å². The van der Waals surface area contributed by atoms with Crippen molar-refractivity contribution in [3.63, 3.8) is 0 Å². The monoisotopic (exact) mass is 1140 g/mol. The fourth-order valence-corrected chi connectivity index (χ4v) is 12.4. The van der Waals surface area contributed by atoms with Gasteiger partial charge in [-0.05, 0) is 25.7 Å². The van der Waals surface area contributed by atoms with E-state index in [-0.39, 0.29) is 18.5 Å². The Bertz CT molecular complexity index is 1180. The highest BCUT2D eigenvalue weighted by molar-refractivity contribution is 5.76. The largest absolute Gasteiger partial charge is 0.466 e. The van der Waals surface area contributed by atoms with E-state index >= 15 is 0 Å². The summed E-state index contributed by atoms with van der Waals surface area (Å²) in [5, 5.41) is 23.5. The molecule has 0 heterocycles. The second kappa shape index (κ2) is 71.3. The number of aliphatic hydroxyl groups is 2. The maximum Gasteiger partial charge on any atom is 0.305 e. The molecule has 3 N–H and O–H groups in total. The third-order valence-corrected chi connectivity index (χ3v) is 18.2. The first-order chi connectivity index (χ1) is 40.0. The summed E-state index contributed by atoms with van der Waals surface area (Å²) < 4.78 is 5.50. The Labute approximate surface area is 508 Å². The number of hydrogen-bond donors (Lipinski definition) is 3. The van der Waals surface area contributed by atoms with E-state index in [9.17, 15) is 19.8 Å². The minimum absolute atomic E-state index is 0.0210. The molecule has 0 saturated heterocycles. The molecule has 0 aliphatic rings. The van der Waals surface area contributed by atoms with Crippen LogP contribution in [0.2, 0.25) is 0 Å². The topological polar surface area (TPSA) is 95.9 Å². The van der Waals surface area contributed by atoms with Crippen LogP contribution < -0.4 is 5.32 Å². The summed E-state index contributed by atoms with van der Waals surface area (Å²) in [5.74, 6) is -0.00586. The highest BCUT2D eigenvalue weighted by atomic mass is 16.5. The van der Waals surface area contributed by atoms with Gasteiger partial charge < -0.3 is 20.3 Å². The molecule has 6 heteroatoms. The average molecular weight is 1150 g/mol. The number of amides is 1. The van der Waals surface area contributed by atoms with Crippen LogP contribution in [0.5, 0.6) is 0 Å². The summed E-state index contributed by atoms with van der Waals surface area (Å²) in [6.45, 7) is 5.01. The second-order valence-corrected chi connectivity index (χ2v) is 26.4. The number of rotatable bonds is 72. The van der Waals surface area contributed by atoms with E-state index < -0.39 is 12.1 Å². The zero-order valence-corrected chi connectivity index (χ0v) is 55.6. The van der Waals surface area contributed by atoms with Gasteiger partial charge in [0.05, 0.1) is 25.4 Å². The number of ether oxygens (including phenoxy) is 1. The first-order valence-electron chi connectivity index (χ1n) is 37.8. The van der Waals surface area contributed by atoms with Crippen molar-refractivity contribution in [2.24, 2.45) is 0 Å². The number of aliphatic hydroxyl groups excluding tert-OH is 2. The summed E-state index contributed by atoms with van der Waals surface area (Å²) >= 11 is 0. The van der Waals surface area contributed by atoms with Gasteiger partial charge in [-0.1, -0.05) is 406 Å². The van der Waals surface area contributed by atoms with Crippen molar-refractivity contribution in [3.8, 4) is 0 Å². The molecule has 2 unspecified atom stereocenters. The third-order valence-electron chi connectivity index (χ3n) is 18.2. The van der Waals surface area contributed by atoms with Gasteiger partial charge in [0.1, 0.15) is 0 Å². The van der Waals surface area contributed by atoms with Gasteiger partial charge in [0.15, 0.2) is 0 Å². The number of unbranched alkanes of at least 4 members (excludes halogenated alkanes) is 61. The van der Waals surface area contributed by atoms with Gasteiger partial charge in [-0.15, -0.1) is 0 Å². The average Bonchev–Trinajstić information content (AvgIpc) is 3.47. The normalized spacial score (nSPS) is 12.4. The SMILES string of the molecule is CCCCCCCCCCCCCCCCCCCCCCCCCCC(O)C(CO)NC(=O)CCCCCCCCCCCCCCCCCCCCCCCCCCCOC(=O)CCCCCCCCCCCCCCCCC. The summed E-state index contributed by atoms with van der Waals surface area (Å²) in [5.41, 5.74) is 0. The lowest BCUT2D eigenvalue weighted by Crippen LogP contribution is -2.45. The van der Waals surface area contributed by atoms with E-state index in [0.717, 1.165) is 38.5 Å². The molecule has 6 nitrogen and oxygen atoms in total. The molecule has 484 valence electrons. The molecule has 1 amide bonds. The standard InChI is InChI=1S/C75H149NO5/c1-3-5-7-9-11-13-15-17-19-20-21-22-23-27-30-33-36-40-43-47-51-55-59-63-67-73(78)72(71-77)76-74(79)68-64-60-56-52-48-44-41-37-34-31-28-25-24-26-29-32-35-38-42-46-50-54-58-62-66-70-81-75(80)69-65-61-57-53-49-45-39-18-16-14-12-10-8-6-4-2/h72-73,77-78H,3-71H2,1-2H3,(H,76,79). The van der Waals surface area contributed by atoms with Crippen molar-refractivity contribution in [3.05, 3.63) is 0 Å². The van der Waals surface area contributed by atoms with Crippen LogP contribution in [-0.2, 0) is 14.3 Å². The zero-order chi connectivity index (χ0) is 58.5. The van der Waals surface area contributed by atoms with Gasteiger partial charge in [-0.25, -0.2) is 0 Å². The Morgan fingerprint density at radius 2 is 0.506 bits per heavy atom. The highest BCUT2D eigenvalue weighted by Crippen LogP contribution is 2.20. The van der Waals surface area contributed by atoms with Gasteiger partial charge in [0, 0.05) is 12.8 Å². The van der Waals surface area contributed by atoms with Crippen LogP contribution in [0.4, 0.5) is 0 Å². The maximum absolute atomic E-state index is 12.6. The molecule has 0 saturated carbocycles. The molecule has 0 bridgehead atoms. The number of hydrogen-bond acceptors (Lipinski definition) is 5. The summed E-state index contributed by atoms with van der Waals surface area (Å²) in [6, 6.07) is -0.540. The summed E-state index contributed by atoms with van der Waals surface area (Å²) in [4.78, 5) is 24.7. The molecule has 0 spiro atoms. The Morgan fingerprint density at radius 3 is 0.753 bits per heavy atom. The molecule has 0 fully saturated rings. The fourth-order valence-electron chi connectivity index (χ4n) is 12.4. The first kappa shape index (κ1) is 79.9. The molecule has 0 aliphatic carbocycles. The van der Waals surface area contributed by atoms with Crippen LogP contribution in [0.1, 0.15) is 444 Å². The van der Waals surface area contributed by atoms with Crippen molar-refractivity contribution in [2.45, 2.75) is 456 Å². The quantitative estimate of drug-likeness (QED) is 0.0417. The van der Waals surface area contributed by atoms with Gasteiger partial charge in [-0.3, -0.25) is 9.59 Å². The van der Waals surface area contributed by atoms with Crippen LogP contribution >= 0.6 is 0 Å².